The number of hydrogen-bond donors (Lipinski definition) is 1. The molecule has 1 fully saturated rings. The van der Waals surface area contributed by atoms with Gasteiger partial charge in [0.1, 0.15) is 13.2 Å². The molecule has 0 saturated heterocycles. The van der Waals surface area contributed by atoms with E-state index in [1.165, 1.54) is 19.3 Å². The fourth-order valence-electron chi connectivity index (χ4n) is 3.01. The number of carbonyl (C=O) groups excluding carboxylic acids is 1. The third kappa shape index (κ3) is 3.62. The van der Waals surface area contributed by atoms with Crippen LogP contribution in [0.4, 0.5) is 5.69 Å². The molecule has 1 aromatic carbocycles. The van der Waals surface area contributed by atoms with Gasteiger partial charge in [0.25, 0.3) is 0 Å². The van der Waals surface area contributed by atoms with E-state index >= 15 is 0 Å². The molecule has 1 aromatic rings. The van der Waals surface area contributed by atoms with Crippen LogP contribution in [0.3, 0.4) is 0 Å². The number of carbonyl (C=O) groups is 1. The van der Waals surface area contributed by atoms with Crippen molar-refractivity contribution in [1.29, 1.82) is 0 Å². The fraction of sp³-hybridized carbons (Fsp3) is 0.562. The number of nitrogens with one attached hydrogen (secondary N) is 1. The van der Waals surface area contributed by atoms with Crippen LogP contribution >= 0.6 is 11.6 Å². The van der Waals surface area contributed by atoms with Crippen molar-refractivity contribution in [2.75, 3.05) is 18.5 Å². The molecule has 0 spiro atoms. The molecule has 21 heavy (non-hydrogen) atoms. The van der Waals surface area contributed by atoms with Crippen LogP contribution in [0.1, 0.15) is 38.5 Å². The highest BCUT2D eigenvalue weighted by atomic mass is 35.5. The fourth-order valence-corrected chi connectivity index (χ4v) is 3.22. The van der Waals surface area contributed by atoms with Crippen molar-refractivity contribution in [2.45, 2.75) is 38.5 Å². The second-order valence-corrected chi connectivity index (χ2v) is 6.14. The van der Waals surface area contributed by atoms with Gasteiger partial charge in [-0.05, 0) is 18.8 Å². The summed E-state index contributed by atoms with van der Waals surface area (Å²) in [5.41, 5.74) is 0.599. The number of hydrogen-bond acceptors (Lipinski definition) is 3. The minimum atomic E-state index is 0.0282. The van der Waals surface area contributed by atoms with E-state index in [1.54, 1.807) is 12.1 Å². The van der Waals surface area contributed by atoms with Crippen molar-refractivity contribution in [3.63, 3.8) is 0 Å². The second-order valence-electron chi connectivity index (χ2n) is 5.73. The van der Waals surface area contributed by atoms with Gasteiger partial charge in [0.2, 0.25) is 5.91 Å². The normalized spacial score (nSPS) is 18.3. The SMILES string of the molecule is O=C(CC1CCCCC1)Nc1cc2c(cc1Cl)OCCO2. The highest BCUT2D eigenvalue weighted by Crippen LogP contribution is 2.38. The van der Waals surface area contributed by atoms with Gasteiger partial charge in [0.15, 0.2) is 11.5 Å². The number of ether oxygens (including phenoxy) is 2. The average molecular weight is 310 g/mol. The molecule has 1 saturated carbocycles. The molecule has 0 atom stereocenters. The number of benzene rings is 1. The van der Waals surface area contributed by atoms with E-state index in [-0.39, 0.29) is 5.91 Å². The van der Waals surface area contributed by atoms with Gasteiger partial charge in [-0.1, -0.05) is 30.9 Å². The minimum Gasteiger partial charge on any atom is -0.486 e. The van der Waals surface area contributed by atoms with Crippen LogP contribution in [0.2, 0.25) is 5.02 Å². The van der Waals surface area contributed by atoms with Gasteiger partial charge < -0.3 is 14.8 Å². The maximum Gasteiger partial charge on any atom is 0.224 e. The van der Waals surface area contributed by atoms with Crippen LogP contribution < -0.4 is 14.8 Å². The van der Waals surface area contributed by atoms with E-state index in [2.05, 4.69) is 5.32 Å². The molecule has 0 radical (unpaired) electrons. The molecule has 1 aliphatic heterocycles. The molecule has 2 aliphatic rings. The van der Waals surface area contributed by atoms with Gasteiger partial charge in [-0.15, -0.1) is 0 Å². The zero-order valence-electron chi connectivity index (χ0n) is 12.0. The Labute approximate surface area is 129 Å². The number of anilines is 1. The molecule has 5 heteroatoms. The summed E-state index contributed by atoms with van der Waals surface area (Å²) >= 11 is 6.20. The van der Waals surface area contributed by atoms with Crippen molar-refractivity contribution in [1.82, 2.24) is 0 Å². The Balaban J connectivity index is 1.65. The first-order valence-corrected chi connectivity index (χ1v) is 7.99. The van der Waals surface area contributed by atoms with Gasteiger partial charge >= 0.3 is 0 Å². The summed E-state index contributed by atoms with van der Waals surface area (Å²) in [6.45, 7) is 1.04. The number of amides is 1. The molecule has 0 aromatic heterocycles. The van der Waals surface area contributed by atoms with E-state index in [9.17, 15) is 4.79 Å². The molecule has 1 N–H and O–H groups in total. The van der Waals surface area contributed by atoms with Gasteiger partial charge in [-0.2, -0.15) is 0 Å². The van der Waals surface area contributed by atoms with Gasteiger partial charge in [-0.3, -0.25) is 4.79 Å². The Morgan fingerprint density at radius 1 is 1.14 bits per heavy atom. The highest BCUT2D eigenvalue weighted by molar-refractivity contribution is 6.34. The van der Waals surface area contributed by atoms with E-state index in [1.807, 2.05) is 0 Å². The Bertz CT molecular complexity index is 526. The first kappa shape index (κ1) is 14.5. The summed E-state index contributed by atoms with van der Waals surface area (Å²) in [5, 5.41) is 3.38. The molecule has 1 aliphatic carbocycles. The highest BCUT2D eigenvalue weighted by Gasteiger charge is 2.19. The summed E-state index contributed by atoms with van der Waals surface area (Å²) in [6.07, 6.45) is 6.66. The maximum atomic E-state index is 12.2. The third-order valence-electron chi connectivity index (χ3n) is 4.10. The third-order valence-corrected chi connectivity index (χ3v) is 4.42. The van der Waals surface area contributed by atoms with E-state index in [4.69, 9.17) is 21.1 Å². The first-order chi connectivity index (χ1) is 10.2. The lowest BCUT2D eigenvalue weighted by Crippen LogP contribution is -2.19. The Morgan fingerprint density at radius 2 is 1.81 bits per heavy atom. The van der Waals surface area contributed by atoms with Gasteiger partial charge in [0.05, 0.1) is 10.7 Å². The molecular weight excluding hydrogens is 290 g/mol. The van der Waals surface area contributed by atoms with Crippen LogP contribution in [0, 0.1) is 5.92 Å². The molecule has 0 bridgehead atoms. The van der Waals surface area contributed by atoms with Crippen LogP contribution in [0.15, 0.2) is 12.1 Å². The molecule has 4 nitrogen and oxygen atoms in total. The molecular formula is C16H20ClNO3. The first-order valence-electron chi connectivity index (χ1n) is 7.61. The average Bonchev–Trinajstić information content (AvgIpc) is 2.49. The molecule has 0 unspecified atom stereocenters. The van der Waals surface area contributed by atoms with Crippen molar-refractivity contribution in [3.8, 4) is 11.5 Å². The Morgan fingerprint density at radius 3 is 2.52 bits per heavy atom. The zero-order chi connectivity index (χ0) is 14.7. The number of halogens is 1. The summed E-state index contributed by atoms with van der Waals surface area (Å²) in [4.78, 5) is 12.2. The summed E-state index contributed by atoms with van der Waals surface area (Å²) in [6, 6.07) is 3.45. The molecule has 3 rings (SSSR count). The van der Waals surface area contributed by atoms with Crippen molar-refractivity contribution < 1.29 is 14.3 Å². The minimum absolute atomic E-state index is 0.0282. The predicted molar refractivity (Wildman–Crippen MR) is 82.3 cm³/mol. The summed E-state index contributed by atoms with van der Waals surface area (Å²) in [5.74, 6) is 1.81. The Kier molecular flexibility index (Phi) is 4.54. The smallest absolute Gasteiger partial charge is 0.224 e. The van der Waals surface area contributed by atoms with Crippen LogP contribution in [0.25, 0.3) is 0 Å². The van der Waals surface area contributed by atoms with Gasteiger partial charge in [0, 0.05) is 18.6 Å². The Hall–Kier alpha value is -1.42. The summed E-state index contributed by atoms with van der Waals surface area (Å²) < 4.78 is 11.0. The predicted octanol–water partition coefficient (Wildman–Crippen LogP) is 4.02. The lowest BCUT2D eigenvalue weighted by atomic mass is 9.87. The number of fused-ring (bicyclic) bond motifs is 1. The standard InChI is InChI=1S/C16H20ClNO3/c17-12-9-14-15(21-7-6-20-14)10-13(12)18-16(19)8-11-4-2-1-3-5-11/h9-11H,1-8H2,(H,18,19). The van der Waals surface area contributed by atoms with Crippen molar-refractivity contribution in [2.24, 2.45) is 5.92 Å². The van der Waals surface area contributed by atoms with E-state index in [0.717, 1.165) is 12.8 Å². The van der Waals surface area contributed by atoms with Gasteiger partial charge in [-0.25, -0.2) is 0 Å². The topological polar surface area (TPSA) is 47.6 Å². The molecule has 1 heterocycles. The maximum absolute atomic E-state index is 12.2. The van der Waals surface area contributed by atoms with E-state index < -0.39 is 0 Å². The lowest BCUT2D eigenvalue weighted by molar-refractivity contribution is -0.117. The summed E-state index contributed by atoms with van der Waals surface area (Å²) in [7, 11) is 0. The monoisotopic (exact) mass is 309 g/mol. The molecule has 114 valence electrons. The zero-order valence-corrected chi connectivity index (χ0v) is 12.7. The lowest BCUT2D eigenvalue weighted by Gasteiger charge is -2.22. The number of rotatable bonds is 3. The molecule has 1 amide bonds. The van der Waals surface area contributed by atoms with Crippen LogP contribution in [-0.2, 0) is 4.79 Å². The van der Waals surface area contributed by atoms with E-state index in [0.29, 0.717) is 47.8 Å². The van der Waals surface area contributed by atoms with Crippen molar-refractivity contribution >= 4 is 23.2 Å². The second kappa shape index (κ2) is 6.56. The van der Waals surface area contributed by atoms with Crippen LogP contribution in [0.5, 0.6) is 11.5 Å². The van der Waals surface area contributed by atoms with Crippen molar-refractivity contribution in [3.05, 3.63) is 17.2 Å². The van der Waals surface area contributed by atoms with Crippen LogP contribution in [-0.4, -0.2) is 19.1 Å². The largest absolute Gasteiger partial charge is 0.486 e. The quantitative estimate of drug-likeness (QED) is 0.917.